The summed E-state index contributed by atoms with van der Waals surface area (Å²) in [7, 11) is 0. The Hall–Kier alpha value is -2.36. The highest BCUT2D eigenvalue weighted by atomic mass is 16.1. The minimum Gasteiger partial charge on any atom is -0.385 e. The smallest absolute Gasteiger partial charge is 0.274 e. The molecule has 1 amide bonds. The van der Waals surface area contributed by atoms with E-state index in [2.05, 4.69) is 43.3 Å². The van der Waals surface area contributed by atoms with Gasteiger partial charge in [0.05, 0.1) is 0 Å². The topological polar surface area (TPSA) is 54.0 Å². The van der Waals surface area contributed by atoms with E-state index in [1.54, 1.807) is 12.3 Å². The Kier molecular flexibility index (Phi) is 5.96. The SMILES string of the molecule is CCCCNc1ccnc(C(=O)Nc2ccc(C(C)(C)C)cc2)c1. The minimum atomic E-state index is -0.197. The van der Waals surface area contributed by atoms with Gasteiger partial charge in [0.15, 0.2) is 0 Å². The summed E-state index contributed by atoms with van der Waals surface area (Å²) >= 11 is 0. The molecule has 0 bridgehead atoms. The molecule has 0 saturated heterocycles. The number of hydrogen-bond acceptors (Lipinski definition) is 3. The molecule has 1 aromatic heterocycles. The van der Waals surface area contributed by atoms with Crippen LogP contribution in [-0.4, -0.2) is 17.4 Å². The molecule has 2 N–H and O–H groups in total. The van der Waals surface area contributed by atoms with Crippen molar-refractivity contribution in [3.63, 3.8) is 0 Å². The van der Waals surface area contributed by atoms with Crippen molar-refractivity contribution in [1.82, 2.24) is 4.98 Å². The minimum absolute atomic E-state index is 0.0998. The van der Waals surface area contributed by atoms with E-state index < -0.39 is 0 Å². The molecule has 4 nitrogen and oxygen atoms in total. The second-order valence-electron chi connectivity index (χ2n) is 6.99. The van der Waals surface area contributed by atoms with Crippen LogP contribution in [0.25, 0.3) is 0 Å². The molecule has 0 unspecified atom stereocenters. The molecule has 0 saturated carbocycles. The molecule has 0 aliphatic rings. The largest absolute Gasteiger partial charge is 0.385 e. The first-order valence-electron chi connectivity index (χ1n) is 8.52. The number of unbranched alkanes of at least 4 members (excludes halogenated alkanes) is 1. The van der Waals surface area contributed by atoms with Gasteiger partial charge in [-0.3, -0.25) is 9.78 Å². The number of anilines is 2. The van der Waals surface area contributed by atoms with Crippen LogP contribution in [0.3, 0.4) is 0 Å². The molecule has 0 radical (unpaired) electrons. The summed E-state index contributed by atoms with van der Waals surface area (Å²) in [6.45, 7) is 9.55. The van der Waals surface area contributed by atoms with Crippen molar-refractivity contribution in [2.24, 2.45) is 0 Å². The van der Waals surface area contributed by atoms with E-state index in [4.69, 9.17) is 0 Å². The lowest BCUT2D eigenvalue weighted by molar-refractivity contribution is 0.102. The normalized spacial score (nSPS) is 11.2. The van der Waals surface area contributed by atoms with Crippen molar-refractivity contribution in [2.75, 3.05) is 17.2 Å². The second kappa shape index (κ2) is 7.95. The number of amides is 1. The van der Waals surface area contributed by atoms with Gasteiger partial charge in [0.2, 0.25) is 0 Å². The second-order valence-corrected chi connectivity index (χ2v) is 6.99. The molecular weight excluding hydrogens is 298 g/mol. The molecule has 2 rings (SSSR count). The van der Waals surface area contributed by atoms with Gasteiger partial charge in [-0.05, 0) is 41.7 Å². The molecule has 1 heterocycles. The monoisotopic (exact) mass is 325 g/mol. The summed E-state index contributed by atoms with van der Waals surface area (Å²) < 4.78 is 0. The van der Waals surface area contributed by atoms with E-state index >= 15 is 0 Å². The van der Waals surface area contributed by atoms with Crippen molar-refractivity contribution in [2.45, 2.75) is 46.0 Å². The van der Waals surface area contributed by atoms with Crippen molar-refractivity contribution in [3.05, 3.63) is 53.9 Å². The fourth-order valence-electron chi connectivity index (χ4n) is 2.32. The molecule has 4 heteroatoms. The van der Waals surface area contributed by atoms with Crippen LogP contribution in [0.2, 0.25) is 0 Å². The highest BCUT2D eigenvalue weighted by Crippen LogP contribution is 2.23. The van der Waals surface area contributed by atoms with E-state index in [1.165, 1.54) is 5.56 Å². The number of benzene rings is 1. The summed E-state index contributed by atoms with van der Waals surface area (Å²) in [5, 5.41) is 6.21. The van der Waals surface area contributed by atoms with Gasteiger partial charge in [0, 0.05) is 24.1 Å². The Morgan fingerprint density at radius 1 is 1.08 bits per heavy atom. The lowest BCUT2D eigenvalue weighted by atomic mass is 9.87. The molecular formula is C20H27N3O. The van der Waals surface area contributed by atoms with E-state index in [-0.39, 0.29) is 11.3 Å². The number of aromatic nitrogens is 1. The molecule has 128 valence electrons. The molecule has 0 spiro atoms. The van der Waals surface area contributed by atoms with Gasteiger partial charge < -0.3 is 10.6 Å². The van der Waals surface area contributed by atoms with Crippen molar-refractivity contribution < 1.29 is 4.79 Å². The molecule has 0 atom stereocenters. The quantitative estimate of drug-likeness (QED) is 0.747. The van der Waals surface area contributed by atoms with Crippen molar-refractivity contribution in [3.8, 4) is 0 Å². The predicted molar refractivity (Wildman–Crippen MR) is 101 cm³/mol. The van der Waals surface area contributed by atoms with Gasteiger partial charge in [0.1, 0.15) is 5.69 Å². The lowest BCUT2D eigenvalue weighted by Gasteiger charge is -2.19. The molecule has 2 aromatic rings. The maximum Gasteiger partial charge on any atom is 0.274 e. The van der Waals surface area contributed by atoms with Gasteiger partial charge in [-0.2, -0.15) is 0 Å². The Morgan fingerprint density at radius 3 is 2.42 bits per heavy atom. The fraction of sp³-hybridized carbons (Fsp3) is 0.400. The van der Waals surface area contributed by atoms with Gasteiger partial charge >= 0.3 is 0 Å². The Balaban J connectivity index is 2.03. The number of nitrogens with one attached hydrogen (secondary N) is 2. The number of carbonyl (C=O) groups excluding carboxylic acids is 1. The van der Waals surface area contributed by atoms with Crippen LogP contribution in [0.4, 0.5) is 11.4 Å². The van der Waals surface area contributed by atoms with Crippen molar-refractivity contribution >= 4 is 17.3 Å². The zero-order valence-electron chi connectivity index (χ0n) is 15.0. The highest BCUT2D eigenvalue weighted by Gasteiger charge is 2.14. The number of hydrogen-bond donors (Lipinski definition) is 2. The van der Waals surface area contributed by atoms with Gasteiger partial charge in [-0.1, -0.05) is 46.2 Å². The molecule has 1 aromatic carbocycles. The average Bonchev–Trinajstić information content (AvgIpc) is 2.55. The zero-order valence-corrected chi connectivity index (χ0v) is 15.0. The van der Waals surface area contributed by atoms with Crippen LogP contribution >= 0.6 is 0 Å². The van der Waals surface area contributed by atoms with Crippen molar-refractivity contribution in [1.29, 1.82) is 0 Å². The molecule has 0 fully saturated rings. The van der Waals surface area contributed by atoms with E-state index in [1.807, 2.05) is 30.3 Å². The van der Waals surface area contributed by atoms with Gasteiger partial charge in [-0.25, -0.2) is 0 Å². The molecule has 24 heavy (non-hydrogen) atoms. The van der Waals surface area contributed by atoms with Crippen LogP contribution in [0.15, 0.2) is 42.6 Å². The van der Waals surface area contributed by atoms with Gasteiger partial charge in [-0.15, -0.1) is 0 Å². The zero-order chi connectivity index (χ0) is 17.6. The van der Waals surface area contributed by atoms with Crippen LogP contribution in [0.5, 0.6) is 0 Å². The molecule has 0 aliphatic carbocycles. The third-order valence-electron chi connectivity index (χ3n) is 3.86. The first kappa shape index (κ1) is 18.0. The molecule has 0 aliphatic heterocycles. The van der Waals surface area contributed by atoms with Gasteiger partial charge in [0.25, 0.3) is 5.91 Å². The van der Waals surface area contributed by atoms with Crippen LogP contribution in [0.1, 0.15) is 56.6 Å². The predicted octanol–water partition coefficient (Wildman–Crippen LogP) is 4.84. The highest BCUT2D eigenvalue weighted by molar-refractivity contribution is 6.03. The summed E-state index contributed by atoms with van der Waals surface area (Å²) in [5.41, 5.74) is 3.45. The number of pyridine rings is 1. The Morgan fingerprint density at radius 2 is 1.79 bits per heavy atom. The first-order valence-corrected chi connectivity index (χ1v) is 8.52. The fourth-order valence-corrected chi connectivity index (χ4v) is 2.32. The van der Waals surface area contributed by atoms with Crippen LogP contribution < -0.4 is 10.6 Å². The van der Waals surface area contributed by atoms with E-state index in [0.29, 0.717) is 5.69 Å². The maximum absolute atomic E-state index is 12.4. The average molecular weight is 325 g/mol. The standard InChI is InChI=1S/C20H27N3O/c1-5-6-12-21-17-11-13-22-18(14-17)19(24)23-16-9-7-15(8-10-16)20(2,3)4/h7-11,13-14H,5-6,12H2,1-4H3,(H,21,22)(H,23,24). The number of rotatable bonds is 6. The summed E-state index contributed by atoms with van der Waals surface area (Å²) in [6, 6.07) is 11.6. The Bertz CT molecular complexity index is 672. The lowest BCUT2D eigenvalue weighted by Crippen LogP contribution is -2.15. The van der Waals surface area contributed by atoms with Crippen LogP contribution in [-0.2, 0) is 5.41 Å². The summed E-state index contributed by atoms with van der Waals surface area (Å²) in [4.78, 5) is 16.5. The number of carbonyl (C=O) groups is 1. The number of nitrogens with zero attached hydrogens (tertiary/aromatic N) is 1. The first-order chi connectivity index (χ1) is 11.4. The summed E-state index contributed by atoms with van der Waals surface area (Å²) in [6.07, 6.45) is 3.89. The third kappa shape index (κ3) is 5.08. The maximum atomic E-state index is 12.4. The van der Waals surface area contributed by atoms with E-state index in [0.717, 1.165) is 30.8 Å². The third-order valence-corrected chi connectivity index (χ3v) is 3.86. The van der Waals surface area contributed by atoms with Crippen LogP contribution in [0, 0.1) is 0 Å². The summed E-state index contributed by atoms with van der Waals surface area (Å²) in [5.74, 6) is -0.197. The Labute approximate surface area is 144 Å². The van der Waals surface area contributed by atoms with E-state index in [9.17, 15) is 4.79 Å².